The van der Waals surface area contributed by atoms with E-state index in [0.717, 1.165) is 22.9 Å². The van der Waals surface area contributed by atoms with Crippen LogP contribution in [-0.4, -0.2) is 29.8 Å². The molecule has 0 aliphatic carbocycles. The zero-order valence-electron chi connectivity index (χ0n) is 21.2. The number of methoxy groups -OCH3 is 1. The summed E-state index contributed by atoms with van der Waals surface area (Å²) < 4.78 is 25.1. The van der Waals surface area contributed by atoms with Crippen molar-refractivity contribution in [3.8, 4) is 23.0 Å². The Balaban J connectivity index is 1.47. The minimum Gasteiger partial charge on any atom is -0.493 e. The van der Waals surface area contributed by atoms with Crippen LogP contribution in [-0.2, 0) is 13.0 Å². The number of aromatic nitrogens is 2. The summed E-state index contributed by atoms with van der Waals surface area (Å²) in [6.07, 6.45) is 4.02. The summed E-state index contributed by atoms with van der Waals surface area (Å²) >= 11 is 13.7. The summed E-state index contributed by atoms with van der Waals surface area (Å²) in [6, 6.07) is 12.8. The molecule has 0 saturated carbocycles. The predicted octanol–water partition coefficient (Wildman–Crippen LogP) is 7.12. The van der Waals surface area contributed by atoms with Crippen molar-refractivity contribution in [1.82, 2.24) is 9.66 Å². The molecule has 202 valence electrons. The van der Waals surface area contributed by atoms with Gasteiger partial charge in [-0.2, -0.15) is 9.78 Å². The zero-order valence-corrected chi connectivity index (χ0v) is 25.1. The number of aryl methyl sites for hydroxylation is 1. The van der Waals surface area contributed by atoms with Crippen LogP contribution in [0.5, 0.6) is 23.0 Å². The smallest absolute Gasteiger partial charge is 0.282 e. The van der Waals surface area contributed by atoms with Crippen LogP contribution >= 0.6 is 43.5 Å². The van der Waals surface area contributed by atoms with Crippen LogP contribution in [0.4, 0.5) is 0 Å². The van der Waals surface area contributed by atoms with Crippen molar-refractivity contribution in [3.05, 3.63) is 83.7 Å². The Hall–Kier alpha value is -3.08. The van der Waals surface area contributed by atoms with Crippen LogP contribution in [0, 0.1) is 0 Å². The first kappa shape index (κ1) is 27.5. The standard InChI is InChI=1S/C28H24Br2ClN3O5/c1-3-4-5-24-33-20-8-7-18(29)12-19(20)28(35)34(24)32-13-17-11-23(36-2)27(26(31)25(17)30)37-14-16-6-9-21-22(10-16)39-15-38-21/h6-13H,3-5,14-15H2,1-2H3. The molecule has 0 N–H and O–H groups in total. The van der Waals surface area contributed by atoms with E-state index in [1.165, 1.54) is 11.8 Å². The van der Waals surface area contributed by atoms with Gasteiger partial charge in [0, 0.05) is 20.9 Å². The summed E-state index contributed by atoms with van der Waals surface area (Å²) in [6.45, 7) is 2.53. The Morgan fingerprint density at radius 1 is 1.15 bits per heavy atom. The van der Waals surface area contributed by atoms with Gasteiger partial charge in [0.25, 0.3) is 5.56 Å². The predicted molar refractivity (Wildman–Crippen MR) is 158 cm³/mol. The number of hydrogen-bond donors (Lipinski definition) is 0. The van der Waals surface area contributed by atoms with Gasteiger partial charge in [0.1, 0.15) is 17.5 Å². The normalized spacial score (nSPS) is 12.4. The van der Waals surface area contributed by atoms with Gasteiger partial charge in [-0.15, -0.1) is 0 Å². The van der Waals surface area contributed by atoms with Crippen molar-refractivity contribution in [3.63, 3.8) is 0 Å². The van der Waals surface area contributed by atoms with Crippen molar-refractivity contribution in [2.45, 2.75) is 32.8 Å². The van der Waals surface area contributed by atoms with Gasteiger partial charge in [-0.05, 0) is 64.3 Å². The molecular weight excluding hydrogens is 654 g/mol. The van der Waals surface area contributed by atoms with Gasteiger partial charge in [0.2, 0.25) is 6.79 Å². The molecule has 4 aromatic rings. The van der Waals surface area contributed by atoms with Crippen LogP contribution in [0.1, 0.15) is 36.7 Å². The average molecular weight is 678 g/mol. The summed E-state index contributed by atoms with van der Waals surface area (Å²) in [5.41, 5.74) is 1.88. The fourth-order valence-corrected chi connectivity index (χ4v) is 5.12. The van der Waals surface area contributed by atoms with Crippen LogP contribution in [0.15, 0.2) is 61.3 Å². The average Bonchev–Trinajstić information content (AvgIpc) is 3.41. The molecule has 0 unspecified atom stereocenters. The van der Waals surface area contributed by atoms with Crippen LogP contribution in [0.2, 0.25) is 5.02 Å². The van der Waals surface area contributed by atoms with Crippen molar-refractivity contribution < 1.29 is 18.9 Å². The molecule has 39 heavy (non-hydrogen) atoms. The summed E-state index contributed by atoms with van der Waals surface area (Å²) in [7, 11) is 1.53. The zero-order chi connectivity index (χ0) is 27.5. The Bertz CT molecular complexity index is 1640. The highest BCUT2D eigenvalue weighted by Gasteiger charge is 2.19. The molecule has 0 saturated heterocycles. The molecule has 1 aromatic heterocycles. The highest BCUT2D eigenvalue weighted by atomic mass is 79.9. The van der Waals surface area contributed by atoms with Gasteiger partial charge in [-0.25, -0.2) is 4.98 Å². The Morgan fingerprint density at radius 3 is 2.77 bits per heavy atom. The number of ether oxygens (including phenoxy) is 4. The molecule has 3 aromatic carbocycles. The lowest BCUT2D eigenvalue weighted by atomic mass is 10.2. The Morgan fingerprint density at radius 2 is 1.97 bits per heavy atom. The highest BCUT2D eigenvalue weighted by molar-refractivity contribution is 9.10. The maximum Gasteiger partial charge on any atom is 0.282 e. The molecule has 1 aliphatic rings. The quantitative estimate of drug-likeness (QED) is 0.176. The van der Waals surface area contributed by atoms with Gasteiger partial charge >= 0.3 is 0 Å². The van der Waals surface area contributed by atoms with Crippen molar-refractivity contribution >= 4 is 60.6 Å². The molecule has 5 rings (SSSR count). The van der Waals surface area contributed by atoms with Gasteiger partial charge in [-0.1, -0.05) is 46.9 Å². The molecular formula is C28H24Br2ClN3O5. The molecule has 8 nitrogen and oxygen atoms in total. The molecule has 0 bridgehead atoms. The molecule has 0 atom stereocenters. The molecule has 0 radical (unpaired) electrons. The minimum absolute atomic E-state index is 0.203. The second-order valence-corrected chi connectivity index (χ2v) is 10.8. The van der Waals surface area contributed by atoms with Crippen molar-refractivity contribution in [1.29, 1.82) is 0 Å². The van der Waals surface area contributed by atoms with E-state index in [2.05, 4.69) is 43.9 Å². The van der Waals surface area contributed by atoms with Gasteiger partial charge in [0.05, 0.1) is 24.2 Å². The number of fused-ring (bicyclic) bond motifs is 2. The fraction of sp³-hybridized carbons (Fsp3) is 0.250. The van der Waals surface area contributed by atoms with Crippen LogP contribution in [0.3, 0.4) is 0 Å². The van der Waals surface area contributed by atoms with Crippen LogP contribution in [0.25, 0.3) is 10.9 Å². The van der Waals surface area contributed by atoms with Crippen LogP contribution < -0.4 is 24.5 Å². The third-order valence-electron chi connectivity index (χ3n) is 6.14. The fourth-order valence-electron chi connectivity index (χ4n) is 4.10. The number of rotatable bonds is 9. The van der Waals surface area contributed by atoms with E-state index in [9.17, 15) is 4.79 Å². The number of halogens is 3. The van der Waals surface area contributed by atoms with E-state index in [0.29, 0.717) is 61.2 Å². The summed E-state index contributed by atoms with van der Waals surface area (Å²) in [4.78, 5) is 18.1. The monoisotopic (exact) mass is 675 g/mol. The SMILES string of the molecule is CCCCc1nc2ccc(Br)cc2c(=O)n1N=Cc1cc(OC)c(OCc2ccc3c(c2)OCO3)c(Cl)c1Br. The van der Waals surface area contributed by atoms with E-state index in [-0.39, 0.29) is 19.0 Å². The topological polar surface area (TPSA) is 84.2 Å². The van der Waals surface area contributed by atoms with E-state index >= 15 is 0 Å². The first-order valence-electron chi connectivity index (χ1n) is 12.2. The van der Waals surface area contributed by atoms with Gasteiger partial charge in [0.15, 0.2) is 23.0 Å². The lowest BCUT2D eigenvalue weighted by Crippen LogP contribution is -2.22. The van der Waals surface area contributed by atoms with E-state index in [4.69, 9.17) is 35.5 Å². The molecule has 11 heteroatoms. The minimum atomic E-state index is -0.249. The van der Waals surface area contributed by atoms with E-state index in [1.807, 2.05) is 30.3 Å². The van der Waals surface area contributed by atoms with Crippen molar-refractivity contribution in [2.24, 2.45) is 5.10 Å². The number of nitrogens with zero attached hydrogens (tertiary/aromatic N) is 3. The largest absolute Gasteiger partial charge is 0.493 e. The molecule has 0 fully saturated rings. The maximum atomic E-state index is 13.4. The lowest BCUT2D eigenvalue weighted by molar-refractivity contribution is 0.174. The van der Waals surface area contributed by atoms with Gasteiger partial charge < -0.3 is 18.9 Å². The third kappa shape index (κ3) is 5.78. The van der Waals surface area contributed by atoms with Crippen molar-refractivity contribution in [2.75, 3.05) is 13.9 Å². The number of unbranched alkanes of at least 4 members (excludes halogenated alkanes) is 1. The Labute approximate surface area is 246 Å². The second-order valence-electron chi connectivity index (χ2n) is 8.76. The van der Waals surface area contributed by atoms with E-state index in [1.54, 1.807) is 18.3 Å². The first-order chi connectivity index (χ1) is 18.9. The molecule has 2 heterocycles. The second kappa shape index (κ2) is 12.0. The lowest BCUT2D eigenvalue weighted by Gasteiger charge is -2.15. The first-order valence-corrected chi connectivity index (χ1v) is 14.2. The molecule has 1 aliphatic heterocycles. The number of hydrogen-bond acceptors (Lipinski definition) is 7. The summed E-state index contributed by atoms with van der Waals surface area (Å²) in [5, 5.41) is 5.32. The number of benzene rings is 3. The molecule has 0 amide bonds. The maximum absolute atomic E-state index is 13.4. The highest BCUT2D eigenvalue weighted by Crippen LogP contribution is 2.43. The molecule has 0 spiro atoms. The Kier molecular flexibility index (Phi) is 8.44. The van der Waals surface area contributed by atoms with E-state index < -0.39 is 0 Å². The van der Waals surface area contributed by atoms with Gasteiger partial charge in [-0.3, -0.25) is 4.79 Å². The third-order valence-corrected chi connectivity index (χ3v) is 8.07. The summed E-state index contributed by atoms with van der Waals surface area (Å²) in [5.74, 6) is 2.76.